The zero-order valence-electron chi connectivity index (χ0n) is 19.9. The Hall–Kier alpha value is -4.01. The summed E-state index contributed by atoms with van der Waals surface area (Å²) in [5, 5.41) is 0.580. The number of imidazole rings is 1. The summed E-state index contributed by atoms with van der Waals surface area (Å²) < 4.78 is 15.6. The molecule has 2 amide bonds. The Labute approximate surface area is 197 Å². The van der Waals surface area contributed by atoms with Crippen molar-refractivity contribution >= 4 is 28.4 Å². The molecule has 0 aliphatic carbocycles. The molecule has 4 rings (SSSR count). The van der Waals surface area contributed by atoms with Crippen LogP contribution in [0.3, 0.4) is 0 Å². The first-order chi connectivity index (χ1) is 16.3. The molecule has 178 valence electrons. The van der Waals surface area contributed by atoms with Crippen molar-refractivity contribution in [3.63, 3.8) is 0 Å². The van der Waals surface area contributed by atoms with Crippen molar-refractivity contribution in [3.8, 4) is 11.5 Å². The van der Waals surface area contributed by atoms with Crippen molar-refractivity contribution in [3.05, 3.63) is 59.8 Å². The Morgan fingerprint density at radius 1 is 1.15 bits per heavy atom. The minimum Gasteiger partial charge on any atom is -0.492 e. The maximum atomic E-state index is 12.4. The molecule has 34 heavy (non-hydrogen) atoms. The van der Waals surface area contributed by atoms with Crippen LogP contribution in [0.5, 0.6) is 11.5 Å². The van der Waals surface area contributed by atoms with Crippen molar-refractivity contribution < 1.29 is 19.1 Å². The van der Waals surface area contributed by atoms with Crippen molar-refractivity contribution in [2.75, 3.05) is 20.7 Å². The third kappa shape index (κ3) is 4.28. The van der Waals surface area contributed by atoms with Crippen LogP contribution in [0.1, 0.15) is 35.7 Å². The van der Waals surface area contributed by atoms with E-state index >= 15 is 0 Å². The zero-order valence-corrected chi connectivity index (χ0v) is 19.9. The van der Waals surface area contributed by atoms with E-state index in [0.717, 1.165) is 24.5 Å². The Morgan fingerprint density at radius 3 is 2.59 bits per heavy atom. The van der Waals surface area contributed by atoms with Crippen molar-refractivity contribution in [1.29, 1.82) is 0 Å². The van der Waals surface area contributed by atoms with Crippen LogP contribution in [0.4, 0.5) is 4.79 Å². The third-order valence-corrected chi connectivity index (χ3v) is 5.68. The monoisotopic (exact) mass is 463 g/mol. The number of hydrogen-bond donors (Lipinski definition) is 1. The summed E-state index contributed by atoms with van der Waals surface area (Å²) in [7, 11) is 3.21. The van der Waals surface area contributed by atoms with E-state index in [4.69, 9.17) is 15.2 Å². The number of pyridine rings is 1. The summed E-state index contributed by atoms with van der Waals surface area (Å²) >= 11 is 0. The van der Waals surface area contributed by atoms with E-state index in [-0.39, 0.29) is 0 Å². The Morgan fingerprint density at radius 2 is 1.94 bits per heavy atom. The van der Waals surface area contributed by atoms with Gasteiger partial charge in [0.1, 0.15) is 17.3 Å². The smallest absolute Gasteiger partial charge is 0.414 e. The fraction of sp³-hybridized carbons (Fsp3) is 0.320. The number of primary amides is 1. The first kappa shape index (κ1) is 23.2. The highest BCUT2D eigenvalue weighted by Gasteiger charge is 2.22. The van der Waals surface area contributed by atoms with E-state index in [1.165, 1.54) is 4.90 Å². The Kier molecular flexibility index (Phi) is 6.45. The normalized spacial score (nSPS) is 11.2. The number of fused-ring (bicyclic) bond motifs is 3. The van der Waals surface area contributed by atoms with Gasteiger partial charge in [0, 0.05) is 58.0 Å². The average Bonchev–Trinajstić information content (AvgIpc) is 3.37. The number of ether oxygens (including phenoxy) is 2. The lowest BCUT2D eigenvalue weighted by molar-refractivity contribution is 0.100. The number of amides is 2. The van der Waals surface area contributed by atoms with Gasteiger partial charge < -0.3 is 29.1 Å². The molecule has 0 unspecified atom stereocenters. The van der Waals surface area contributed by atoms with Crippen LogP contribution in [0, 0.1) is 0 Å². The molecule has 0 atom stereocenters. The third-order valence-electron chi connectivity index (χ3n) is 5.68. The van der Waals surface area contributed by atoms with Crippen LogP contribution in [0.15, 0.2) is 42.7 Å². The Bertz CT molecular complexity index is 1350. The number of carbonyl (C=O) groups excluding carboxylic acids is 2. The predicted octanol–water partition coefficient (Wildman–Crippen LogP) is 3.65. The molecule has 3 heterocycles. The molecule has 0 radical (unpaired) electrons. The molecule has 0 spiro atoms. The van der Waals surface area contributed by atoms with E-state index in [1.807, 2.05) is 35.0 Å². The number of benzene rings is 1. The van der Waals surface area contributed by atoms with Crippen LogP contribution >= 0.6 is 0 Å². The van der Waals surface area contributed by atoms with E-state index in [0.29, 0.717) is 46.5 Å². The minimum atomic E-state index is -0.559. The van der Waals surface area contributed by atoms with Gasteiger partial charge in [0.15, 0.2) is 0 Å². The standard InChI is InChI=1S/C25H29N5O4/c1-5-21-27-16(15-29(21)6-2)10-12-33-20-14-17(34-25(32)28(3)4)13-19-22(20)23(24(26)31)18-9-7-8-11-30(18)19/h7-9,11,13-15H,5-6,10,12H2,1-4H3,(H2,26,31). The van der Waals surface area contributed by atoms with Crippen LogP contribution in [-0.4, -0.2) is 51.6 Å². The lowest BCUT2D eigenvalue weighted by Gasteiger charge is -2.13. The molecule has 0 aliphatic heterocycles. The summed E-state index contributed by atoms with van der Waals surface area (Å²) in [5.74, 6) is 1.20. The number of nitrogens with zero attached hydrogens (tertiary/aromatic N) is 4. The molecule has 9 nitrogen and oxygen atoms in total. The molecule has 0 bridgehead atoms. The Balaban J connectivity index is 1.76. The van der Waals surface area contributed by atoms with Gasteiger partial charge in [0.05, 0.1) is 34.3 Å². The van der Waals surface area contributed by atoms with E-state index in [9.17, 15) is 9.59 Å². The molecule has 0 fully saturated rings. The number of nitrogens with two attached hydrogens (primary N) is 1. The van der Waals surface area contributed by atoms with Gasteiger partial charge in [-0.25, -0.2) is 9.78 Å². The predicted molar refractivity (Wildman–Crippen MR) is 130 cm³/mol. The summed E-state index contributed by atoms with van der Waals surface area (Å²) in [6.45, 7) is 5.35. The number of aromatic nitrogens is 3. The quantitative estimate of drug-likeness (QED) is 0.430. The molecule has 4 aromatic rings. The van der Waals surface area contributed by atoms with Gasteiger partial charge in [0.25, 0.3) is 5.91 Å². The molecule has 2 N–H and O–H groups in total. The summed E-state index contributed by atoms with van der Waals surface area (Å²) in [4.78, 5) is 30.7. The first-order valence-corrected chi connectivity index (χ1v) is 11.3. The van der Waals surface area contributed by atoms with Crippen LogP contribution in [-0.2, 0) is 19.4 Å². The second kappa shape index (κ2) is 9.46. The highest BCUT2D eigenvalue weighted by atomic mass is 16.6. The van der Waals surface area contributed by atoms with Crippen LogP contribution in [0.2, 0.25) is 0 Å². The summed E-state index contributed by atoms with van der Waals surface area (Å²) in [6.07, 6.45) is 4.79. The van der Waals surface area contributed by atoms with E-state index < -0.39 is 12.0 Å². The van der Waals surface area contributed by atoms with Gasteiger partial charge in [0.2, 0.25) is 0 Å². The number of aryl methyl sites for hydroxylation is 2. The number of rotatable bonds is 8. The largest absolute Gasteiger partial charge is 0.492 e. The molecule has 0 saturated carbocycles. The van der Waals surface area contributed by atoms with Crippen LogP contribution in [0.25, 0.3) is 16.4 Å². The fourth-order valence-electron chi connectivity index (χ4n) is 4.07. The van der Waals surface area contributed by atoms with Gasteiger partial charge in [-0.05, 0) is 19.1 Å². The average molecular weight is 464 g/mol. The van der Waals surface area contributed by atoms with Gasteiger partial charge in [-0.2, -0.15) is 0 Å². The molecule has 0 saturated heterocycles. The van der Waals surface area contributed by atoms with E-state index in [1.54, 1.807) is 26.2 Å². The SMILES string of the molecule is CCc1nc(CCOc2cc(OC(=O)N(C)C)cc3c2c(C(N)=O)c2ccccn23)cn1CC. The van der Waals surface area contributed by atoms with Gasteiger partial charge in [-0.1, -0.05) is 13.0 Å². The second-order valence-corrected chi connectivity index (χ2v) is 8.16. The molecular formula is C25H29N5O4. The molecule has 1 aromatic carbocycles. The van der Waals surface area contributed by atoms with Gasteiger partial charge in [-0.15, -0.1) is 0 Å². The summed E-state index contributed by atoms with van der Waals surface area (Å²) in [6, 6.07) is 8.84. The molecule has 9 heteroatoms. The maximum absolute atomic E-state index is 12.4. The van der Waals surface area contributed by atoms with Gasteiger partial charge in [-0.3, -0.25) is 4.79 Å². The van der Waals surface area contributed by atoms with Crippen molar-refractivity contribution in [2.45, 2.75) is 33.2 Å². The minimum absolute atomic E-state index is 0.309. The van der Waals surface area contributed by atoms with E-state index in [2.05, 4.69) is 23.4 Å². The first-order valence-electron chi connectivity index (χ1n) is 11.3. The number of hydrogen-bond acceptors (Lipinski definition) is 5. The summed E-state index contributed by atoms with van der Waals surface area (Å²) in [5.41, 5.74) is 8.38. The highest BCUT2D eigenvalue weighted by molar-refractivity contribution is 6.15. The fourth-order valence-corrected chi connectivity index (χ4v) is 4.07. The van der Waals surface area contributed by atoms with Crippen molar-refractivity contribution in [1.82, 2.24) is 18.9 Å². The lowest BCUT2D eigenvalue weighted by atomic mass is 10.1. The number of carbonyl (C=O) groups is 2. The lowest BCUT2D eigenvalue weighted by Crippen LogP contribution is -2.25. The van der Waals surface area contributed by atoms with Gasteiger partial charge >= 0.3 is 6.09 Å². The highest BCUT2D eigenvalue weighted by Crippen LogP contribution is 2.37. The molecular weight excluding hydrogens is 434 g/mol. The maximum Gasteiger partial charge on any atom is 0.414 e. The van der Waals surface area contributed by atoms with Crippen molar-refractivity contribution in [2.24, 2.45) is 5.73 Å². The van der Waals surface area contributed by atoms with Crippen LogP contribution < -0.4 is 15.2 Å². The molecule has 3 aromatic heterocycles. The second-order valence-electron chi connectivity index (χ2n) is 8.16. The molecule has 0 aliphatic rings. The zero-order chi connectivity index (χ0) is 24.4. The topological polar surface area (TPSA) is 104 Å².